The average molecular weight is 401 g/mol. The molecular weight excluding hydrogens is 390 g/mol. The number of nitrogens with zero attached hydrogens (tertiary/aromatic N) is 2. The molecular formula is C12H11Br2N5O. The number of hydrogen-bond donors (Lipinski definition) is 3. The van der Waals surface area contributed by atoms with E-state index in [0.717, 1.165) is 10.2 Å². The number of nitrogen functional groups attached to an aromatic ring is 1. The third-order valence-corrected chi connectivity index (χ3v) is 3.77. The summed E-state index contributed by atoms with van der Waals surface area (Å²) in [6, 6.07) is 5.15. The number of hydrogen-bond acceptors (Lipinski definition) is 5. The summed E-state index contributed by atoms with van der Waals surface area (Å²) >= 11 is 6.62. The molecule has 0 saturated carbocycles. The molecule has 0 spiro atoms. The van der Waals surface area contributed by atoms with Crippen LogP contribution in [0.5, 0.6) is 0 Å². The van der Waals surface area contributed by atoms with E-state index >= 15 is 0 Å². The van der Waals surface area contributed by atoms with E-state index in [1.807, 2.05) is 13.0 Å². The Morgan fingerprint density at radius 3 is 2.75 bits per heavy atom. The fourth-order valence-corrected chi connectivity index (χ4v) is 2.08. The van der Waals surface area contributed by atoms with Gasteiger partial charge in [-0.1, -0.05) is 0 Å². The van der Waals surface area contributed by atoms with Crippen molar-refractivity contribution in [2.24, 2.45) is 5.84 Å². The predicted octanol–water partition coefficient (Wildman–Crippen LogP) is 2.85. The summed E-state index contributed by atoms with van der Waals surface area (Å²) in [6.07, 6.45) is 1.55. The van der Waals surface area contributed by atoms with Gasteiger partial charge >= 0.3 is 0 Å². The van der Waals surface area contributed by atoms with Crippen molar-refractivity contribution in [1.29, 1.82) is 0 Å². The number of amides is 1. The lowest BCUT2D eigenvalue weighted by atomic mass is 10.2. The minimum atomic E-state index is -0.346. The lowest BCUT2D eigenvalue weighted by Gasteiger charge is -2.09. The van der Waals surface area contributed by atoms with E-state index in [0.29, 0.717) is 21.7 Å². The number of anilines is 2. The number of rotatable bonds is 3. The number of aryl methyl sites for hydroxylation is 1. The molecule has 1 amide bonds. The first-order valence-corrected chi connectivity index (χ1v) is 7.16. The summed E-state index contributed by atoms with van der Waals surface area (Å²) in [5, 5.41) is 2.70. The number of halogens is 2. The minimum Gasteiger partial charge on any atom is -0.308 e. The molecule has 104 valence electrons. The molecule has 2 aromatic rings. The first-order valence-electron chi connectivity index (χ1n) is 5.58. The zero-order chi connectivity index (χ0) is 14.7. The molecule has 0 aliphatic carbocycles. The molecule has 0 fully saturated rings. The average Bonchev–Trinajstić information content (AvgIpc) is 2.43. The first-order chi connectivity index (χ1) is 9.51. The van der Waals surface area contributed by atoms with Crippen LogP contribution in [0, 0.1) is 6.92 Å². The Hall–Kier alpha value is -1.51. The van der Waals surface area contributed by atoms with E-state index in [1.165, 1.54) is 0 Å². The van der Waals surface area contributed by atoms with E-state index < -0.39 is 0 Å². The molecule has 0 aromatic carbocycles. The van der Waals surface area contributed by atoms with Crippen LogP contribution in [-0.2, 0) is 0 Å². The highest BCUT2D eigenvalue weighted by atomic mass is 79.9. The van der Waals surface area contributed by atoms with Crippen LogP contribution in [0.25, 0.3) is 0 Å². The second-order valence-corrected chi connectivity index (χ2v) is 5.68. The highest BCUT2D eigenvalue weighted by Crippen LogP contribution is 2.20. The SMILES string of the molecule is Cc1nc(NC(=O)c2cc(Br)cnc2NN)ccc1Br. The van der Waals surface area contributed by atoms with Crippen molar-refractivity contribution in [3.63, 3.8) is 0 Å². The van der Waals surface area contributed by atoms with E-state index in [2.05, 4.69) is 52.6 Å². The van der Waals surface area contributed by atoms with Gasteiger partial charge in [0.05, 0.1) is 11.3 Å². The Balaban J connectivity index is 2.27. The number of pyridine rings is 2. The fraction of sp³-hybridized carbons (Fsp3) is 0.0833. The maximum Gasteiger partial charge on any atom is 0.260 e. The van der Waals surface area contributed by atoms with Crippen LogP contribution >= 0.6 is 31.9 Å². The molecule has 2 aromatic heterocycles. The number of aromatic nitrogens is 2. The summed E-state index contributed by atoms with van der Waals surface area (Å²) in [7, 11) is 0. The number of hydrazine groups is 1. The molecule has 20 heavy (non-hydrogen) atoms. The third-order valence-electron chi connectivity index (χ3n) is 2.50. The van der Waals surface area contributed by atoms with Gasteiger partial charge < -0.3 is 10.7 Å². The van der Waals surface area contributed by atoms with Gasteiger partial charge in [0.15, 0.2) is 5.82 Å². The van der Waals surface area contributed by atoms with Crippen molar-refractivity contribution in [1.82, 2.24) is 9.97 Å². The zero-order valence-electron chi connectivity index (χ0n) is 10.4. The lowest BCUT2D eigenvalue weighted by Crippen LogP contribution is -2.19. The van der Waals surface area contributed by atoms with Crippen LogP contribution in [0.4, 0.5) is 11.6 Å². The molecule has 0 saturated heterocycles. The summed E-state index contributed by atoms with van der Waals surface area (Å²) in [5.41, 5.74) is 3.50. The van der Waals surface area contributed by atoms with Gasteiger partial charge in [-0.3, -0.25) is 4.79 Å². The maximum atomic E-state index is 12.2. The molecule has 6 nitrogen and oxygen atoms in total. The Labute approximate surface area is 132 Å². The van der Waals surface area contributed by atoms with Crippen molar-refractivity contribution in [3.8, 4) is 0 Å². The number of carbonyl (C=O) groups is 1. The fourth-order valence-electron chi connectivity index (χ4n) is 1.52. The summed E-state index contributed by atoms with van der Waals surface area (Å²) < 4.78 is 1.56. The van der Waals surface area contributed by atoms with Crippen LogP contribution < -0.4 is 16.6 Å². The van der Waals surface area contributed by atoms with Crippen LogP contribution in [0.1, 0.15) is 16.1 Å². The minimum absolute atomic E-state index is 0.291. The van der Waals surface area contributed by atoms with Gasteiger partial charge in [-0.2, -0.15) is 0 Å². The topological polar surface area (TPSA) is 92.9 Å². The van der Waals surface area contributed by atoms with Crippen molar-refractivity contribution in [2.75, 3.05) is 10.7 Å². The maximum absolute atomic E-state index is 12.2. The van der Waals surface area contributed by atoms with Gasteiger partial charge in [-0.25, -0.2) is 15.8 Å². The van der Waals surface area contributed by atoms with Gasteiger partial charge in [0, 0.05) is 15.1 Å². The Morgan fingerprint density at radius 1 is 1.35 bits per heavy atom. The smallest absolute Gasteiger partial charge is 0.260 e. The molecule has 0 unspecified atom stereocenters. The summed E-state index contributed by atoms with van der Waals surface area (Å²) in [5.74, 6) is 5.75. The molecule has 0 atom stereocenters. The molecule has 0 radical (unpaired) electrons. The molecule has 4 N–H and O–H groups in total. The van der Waals surface area contributed by atoms with Crippen molar-refractivity contribution in [3.05, 3.63) is 44.6 Å². The number of nitrogens with two attached hydrogens (primary N) is 1. The van der Waals surface area contributed by atoms with Crippen molar-refractivity contribution >= 4 is 49.4 Å². The molecule has 2 heterocycles. The molecule has 0 aliphatic rings. The highest BCUT2D eigenvalue weighted by Gasteiger charge is 2.14. The van der Waals surface area contributed by atoms with Gasteiger partial charge in [-0.05, 0) is 57.0 Å². The molecule has 8 heteroatoms. The van der Waals surface area contributed by atoms with E-state index in [9.17, 15) is 4.79 Å². The Bertz CT molecular complexity index is 662. The number of nitrogens with one attached hydrogen (secondary N) is 2. The van der Waals surface area contributed by atoms with Crippen LogP contribution in [0.15, 0.2) is 33.3 Å². The van der Waals surface area contributed by atoms with E-state index in [1.54, 1.807) is 18.3 Å². The van der Waals surface area contributed by atoms with Crippen molar-refractivity contribution in [2.45, 2.75) is 6.92 Å². The van der Waals surface area contributed by atoms with Gasteiger partial charge in [0.25, 0.3) is 5.91 Å². The summed E-state index contributed by atoms with van der Waals surface area (Å²) in [6.45, 7) is 1.84. The predicted molar refractivity (Wildman–Crippen MR) is 84.4 cm³/mol. The van der Waals surface area contributed by atoms with Gasteiger partial charge in [0.2, 0.25) is 0 Å². The highest BCUT2D eigenvalue weighted by molar-refractivity contribution is 9.10. The summed E-state index contributed by atoms with van der Waals surface area (Å²) in [4.78, 5) is 20.5. The van der Waals surface area contributed by atoms with Gasteiger partial charge in [0.1, 0.15) is 5.82 Å². The quantitative estimate of drug-likeness (QED) is 0.544. The normalized spacial score (nSPS) is 10.2. The van der Waals surface area contributed by atoms with Gasteiger partial charge in [-0.15, -0.1) is 0 Å². The first kappa shape index (κ1) is 14.9. The Kier molecular flexibility index (Phi) is 4.69. The second kappa shape index (κ2) is 6.29. The van der Waals surface area contributed by atoms with Crippen molar-refractivity contribution < 1.29 is 4.79 Å². The molecule has 2 rings (SSSR count). The van der Waals surface area contributed by atoms with E-state index in [4.69, 9.17) is 5.84 Å². The zero-order valence-corrected chi connectivity index (χ0v) is 13.6. The van der Waals surface area contributed by atoms with E-state index in [-0.39, 0.29) is 5.91 Å². The monoisotopic (exact) mass is 399 g/mol. The molecule has 0 aliphatic heterocycles. The number of carbonyl (C=O) groups excluding carboxylic acids is 1. The lowest BCUT2D eigenvalue weighted by molar-refractivity contribution is 0.102. The van der Waals surface area contributed by atoms with Crippen LogP contribution in [-0.4, -0.2) is 15.9 Å². The Morgan fingerprint density at radius 2 is 2.10 bits per heavy atom. The second-order valence-electron chi connectivity index (χ2n) is 3.91. The van der Waals surface area contributed by atoms with Crippen LogP contribution in [0.3, 0.4) is 0 Å². The molecule has 0 bridgehead atoms. The largest absolute Gasteiger partial charge is 0.308 e. The van der Waals surface area contributed by atoms with Crippen LogP contribution in [0.2, 0.25) is 0 Å². The standard InChI is InChI=1S/C12H11Br2N5O/c1-6-9(14)2-3-10(17-6)18-12(20)8-4-7(13)5-16-11(8)19-15/h2-5H,15H2,1H3,(H,16,19)(H,17,18,20). The third kappa shape index (κ3) is 3.33.